The predicted octanol–water partition coefficient (Wildman–Crippen LogP) is 1.53. The molecule has 0 radical (unpaired) electrons. The minimum Gasteiger partial charge on any atom is -0.378 e. The summed E-state index contributed by atoms with van der Waals surface area (Å²) in [4.78, 5) is 12.8. The van der Waals surface area contributed by atoms with Crippen LogP contribution in [0.2, 0.25) is 0 Å². The van der Waals surface area contributed by atoms with Crippen LogP contribution in [-0.4, -0.2) is 43.9 Å². The Balaban J connectivity index is 2.21. The molecule has 8 nitrogen and oxygen atoms in total. The molecule has 1 aliphatic heterocycles. The van der Waals surface area contributed by atoms with Crippen molar-refractivity contribution < 1.29 is 13.3 Å². The molecule has 128 valence electrons. The first-order chi connectivity index (χ1) is 10.8. The van der Waals surface area contributed by atoms with Gasteiger partial charge in [-0.15, -0.1) is 0 Å². The smallest absolute Gasteiger partial charge is 0.292 e. The molecule has 0 amide bonds. The molecule has 2 rings (SSSR count). The SMILES string of the molecule is CCN1CCCCC1CNc1cc(S(N)(=O)=O)ccc1[N+](=O)[O-]. The van der Waals surface area contributed by atoms with Gasteiger partial charge in [0.05, 0.1) is 9.82 Å². The second-order valence-corrected chi connectivity index (χ2v) is 7.20. The number of nitrogens with zero attached hydrogens (tertiary/aromatic N) is 2. The number of hydrogen-bond donors (Lipinski definition) is 2. The summed E-state index contributed by atoms with van der Waals surface area (Å²) in [5.41, 5.74) is 0.0272. The van der Waals surface area contributed by atoms with Gasteiger partial charge >= 0.3 is 0 Å². The quantitative estimate of drug-likeness (QED) is 0.598. The second kappa shape index (κ2) is 7.24. The van der Waals surface area contributed by atoms with Gasteiger partial charge in [-0.25, -0.2) is 13.6 Å². The number of primary sulfonamides is 1. The van der Waals surface area contributed by atoms with Crippen LogP contribution in [0.5, 0.6) is 0 Å². The molecule has 1 fully saturated rings. The van der Waals surface area contributed by atoms with E-state index in [1.165, 1.54) is 12.1 Å². The molecule has 0 bridgehead atoms. The largest absolute Gasteiger partial charge is 0.378 e. The highest BCUT2D eigenvalue weighted by Crippen LogP contribution is 2.28. The van der Waals surface area contributed by atoms with E-state index in [2.05, 4.69) is 17.1 Å². The van der Waals surface area contributed by atoms with Crippen LogP contribution >= 0.6 is 0 Å². The average Bonchev–Trinajstić information content (AvgIpc) is 2.51. The maximum atomic E-state index is 11.4. The Morgan fingerprint density at radius 3 is 2.78 bits per heavy atom. The van der Waals surface area contributed by atoms with Crippen molar-refractivity contribution in [2.45, 2.75) is 37.1 Å². The molecule has 1 saturated heterocycles. The van der Waals surface area contributed by atoms with Crippen molar-refractivity contribution in [3.8, 4) is 0 Å². The molecule has 0 spiro atoms. The number of nitrogens with one attached hydrogen (secondary N) is 1. The van der Waals surface area contributed by atoms with Crippen LogP contribution < -0.4 is 10.5 Å². The lowest BCUT2D eigenvalue weighted by Gasteiger charge is -2.35. The van der Waals surface area contributed by atoms with Crippen molar-refractivity contribution in [1.29, 1.82) is 0 Å². The van der Waals surface area contributed by atoms with Crippen LogP contribution in [0.25, 0.3) is 0 Å². The zero-order valence-corrected chi connectivity index (χ0v) is 13.9. The number of piperidine rings is 1. The van der Waals surface area contributed by atoms with Gasteiger partial charge in [-0.1, -0.05) is 13.3 Å². The van der Waals surface area contributed by atoms with E-state index in [0.29, 0.717) is 6.54 Å². The number of rotatable bonds is 6. The second-order valence-electron chi connectivity index (χ2n) is 5.64. The standard InChI is InChI=1S/C14H22N4O4S/c1-2-17-8-4-3-5-11(17)10-16-13-9-12(23(15,21)22)6-7-14(13)18(19)20/h6-7,9,11,16H,2-5,8,10H2,1H3,(H2,15,21,22). The van der Waals surface area contributed by atoms with Crippen LogP contribution in [0.15, 0.2) is 23.1 Å². The zero-order chi connectivity index (χ0) is 17.0. The Bertz CT molecular complexity index is 677. The van der Waals surface area contributed by atoms with E-state index in [1.54, 1.807) is 0 Å². The average molecular weight is 342 g/mol. The van der Waals surface area contributed by atoms with Crippen molar-refractivity contribution in [3.63, 3.8) is 0 Å². The van der Waals surface area contributed by atoms with Crippen LogP contribution in [0, 0.1) is 10.1 Å². The topological polar surface area (TPSA) is 119 Å². The van der Waals surface area contributed by atoms with Crippen LogP contribution in [0.1, 0.15) is 26.2 Å². The normalized spacial score (nSPS) is 19.5. The number of nitro groups is 1. The molecule has 9 heteroatoms. The molecule has 0 saturated carbocycles. The fraction of sp³-hybridized carbons (Fsp3) is 0.571. The third kappa shape index (κ3) is 4.40. The number of hydrogen-bond acceptors (Lipinski definition) is 6. The summed E-state index contributed by atoms with van der Waals surface area (Å²) in [6.07, 6.45) is 3.30. The van der Waals surface area contributed by atoms with Gasteiger partial charge in [-0.3, -0.25) is 15.0 Å². The number of nitro benzene ring substituents is 1. The van der Waals surface area contributed by atoms with Gasteiger partial charge in [0.15, 0.2) is 0 Å². The minimum atomic E-state index is -3.90. The highest BCUT2D eigenvalue weighted by atomic mass is 32.2. The third-order valence-corrected chi connectivity index (χ3v) is 5.09. The zero-order valence-electron chi connectivity index (χ0n) is 13.1. The molecule has 1 heterocycles. The van der Waals surface area contributed by atoms with Gasteiger partial charge in [0, 0.05) is 18.7 Å². The number of likely N-dealkylation sites (tertiary alicyclic amines) is 1. The van der Waals surface area contributed by atoms with Crippen LogP contribution in [0.3, 0.4) is 0 Å². The fourth-order valence-electron chi connectivity index (χ4n) is 2.93. The third-order valence-electron chi connectivity index (χ3n) is 4.18. The van der Waals surface area contributed by atoms with Gasteiger partial charge in [0.25, 0.3) is 5.69 Å². The van der Waals surface area contributed by atoms with Gasteiger partial charge in [0.2, 0.25) is 10.0 Å². The number of nitrogens with two attached hydrogens (primary N) is 1. The van der Waals surface area contributed by atoms with E-state index in [1.807, 2.05) is 0 Å². The summed E-state index contributed by atoms with van der Waals surface area (Å²) >= 11 is 0. The van der Waals surface area contributed by atoms with Gasteiger partial charge in [-0.2, -0.15) is 0 Å². The summed E-state index contributed by atoms with van der Waals surface area (Å²) in [6, 6.07) is 3.83. The molecular formula is C14H22N4O4S. The lowest BCUT2D eigenvalue weighted by atomic mass is 10.0. The van der Waals surface area contributed by atoms with Gasteiger partial charge in [0.1, 0.15) is 5.69 Å². The molecule has 1 atom stereocenters. The minimum absolute atomic E-state index is 0.137. The Labute approximate surface area is 135 Å². The van der Waals surface area contributed by atoms with Crippen molar-refractivity contribution in [2.75, 3.05) is 25.0 Å². The lowest BCUT2D eigenvalue weighted by molar-refractivity contribution is -0.384. The van der Waals surface area contributed by atoms with E-state index >= 15 is 0 Å². The number of likely N-dealkylation sites (N-methyl/N-ethyl adjacent to an activating group) is 1. The summed E-state index contributed by atoms with van der Waals surface area (Å²) in [7, 11) is -3.90. The summed E-state index contributed by atoms with van der Waals surface area (Å²) in [5, 5.41) is 19.3. The fourth-order valence-corrected chi connectivity index (χ4v) is 3.47. The summed E-state index contributed by atoms with van der Waals surface area (Å²) < 4.78 is 22.9. The highest BCUT2D eigenvalue weighted by Gasteiger charge is 2.23. The lowest BCUT2D eigenvalue weighted by Crippen LogP contribution is -2.43. The Hall–Kier alpha value is -1.71. The number of anilines is 1. The number of sulfonamides is 1. The summed E-state index contributed by atoms with van der Waals surface area (Å²) in [6.45, 7) is 4.55. The highest BCUT2D eigenvalue weighted by molar-refractivity contribution is 7.89. The van der Waals surface area contributed by atoms with Crippen molar-refractivity contribution in [1.82, 2.24) is 4.90 Å². The Morgan fingerprint density at radius 1 is 1.43 bits per heavy atom. The van der Waals surface area contributed by atoms with Crippen LogP contribution in [-0.2, 0) is 10.0 Å². The molecule has 1 aromatic rings. The van der Waals surface area contributed by atoms with E-state index in [-0.39, 0.29) is 22.3 Å². The molecular weight excluding hydrogens is 320 g/mol. The van der Waals surface area contributed by atoms with Crippen molar-refractivity contribution >= 4 is 21.4 Å². The molecule has 1 aliphatic rings. The maximum absolute atomic E-state index is 11.4. The van der Waals surface area contributed by atoms with Gasteiger partial charge < -0.3 is 5.32 Å². The van der Waals surface area contributed by atoms with E-state index < -0.39 is 14.9 Å². The maximum Gasteiger partial charge on any atom is 0.292 e. The van der Waals surface area contributed by atoms with E-state index in [0.717, 1.165) is 38.4 Å². The molecule has 1 unspecified atom stereocenters. The van der Waals surface area contributed by atoms with E-state index in [9.17, 15) is 18.5 Å². The first-order valence-corrected chi connectivity index (χ1v) is 9.16. The predicted molar refractivity (Wildman–Crippen MR) is 87.8 cm³/mol. The van der Waals surface area contributed by atoms with Crippen molar-refractivity contribution in [2.24, 2.45) is 5.14 Å². The molecule has 3 N–H and O–H groups in total. The molecule has 0 aliphatic carbocycles. The Morgan fingerprint density at radius 2 is 2.17 bits per heavy atom. The first-order valence-electron chi connectivity index (χ1n) is 7.62. The van der Waals surface area contributed by atoms with Gasteiger partial charge in [-0.05, 0) is 38.1 Å². The van der Waals surface area contributed by atoms with Crippen molar-refractivity contribution in [3.05, 3.63) is 28.3 Å². The first kappa shape index (κ1) is 17.6. The molecule has 1 aromatic carbocycles. The molecule has 0 aromatic heterocycles. The van der Waals surface area contributed by atoms with E-state index in [4.69, 9.17) is 5.14 Å². The van der Waals surface area contributed by atoms with Crippen LogP contribution in [0.4, 0.5) is 11.4 Å². The monoisotopic (exact) mass is 342 g/mol. The number of benzene rings is 1. The molecule has 23 heavy (non-hydrogen) atoms. The summed E-state index contributed by atoms with van der Waals surface area (Å²) in [5.74, 6) is 0. The Kier molecular flexibility index (Phi) is 5.55.